The molecule has 1 aliphatic heterocycles. The number of piperidine rings is 1. The fourth-order valence-corrected chi connectivity index (χ4v) is 3.72. The van der Waals surface area contributed by atoms with Gasteiger partial charge >= 0.3 is 0 Å². The first kappa shape index (κ1) is 13.0. The summed E-state index contributed by atoms with van der Waals surface area (Å²) < 4.78 is 27.4. The topological polar surface area (TPSA) is 105 Å². The Balaban J connectivity index is 2.15. The molecule has 0 spiro atoms. The first-order valence-corrected chi connectivity index (χ1v) is 7.19. The van der Waals surface area contributed by atoms with E-state index in [1.54, 1.807) is 7.05 Å². The van der Waals surface area contributed by atoms with E-state index in [-0.39, 0.29) is 16.8 Å². The summed E-state index contributed by atoms with van der Waals surface area (Å²) in [6.07, 6.45) is 2.67. The molecular weight excluding hydrogens is 254 g/mol. The van der Waals surface area contributed by atoms with E-state index in [2.05, 4.69) is 5.10 Å². The quantitative estimate of drug-likeness (QED) is 0.584. The van der Waals surface area contributed by atoms with Crippen LogP contribution in [0.1, 0.15) is 12.8 Å². The number of sulfonamides is 1. The van der Waals surface area contributed by atoms with Gasteiger partial charge in [-0.2, -0.15) is 9.40 Å². The van der Waals surface area contributed by atoms with Gasteiger partial charge in [0.1, 0.15) is 0 Å². The molecule has 1 aromatic rings. The fraction of sp³-hybridized carbons (Fsp3) is 0.600. The van der Waals surface area contributed by atoms with E-state index in [4.69, 9.17) is 11.1 Å². The van der Waals surface area contributed by atoms with Crippen molar-refractivity contribution in [2.24, 2.45) is 18.7 Å². The van der Waals surface area contributed by atoms with E-state index in [9.17, 15) is 8.42 Å². The van der Waals surface area contributed by atoms with Crippen LogP contribution < -0.4 is 5.73 Å². The van der Waals surface area contributed by atoms with E-state index < -0.39 is 10.0 Å². The van der Waals surface area contributed by atoms with Crippen molar-refractivity contribution < 1.29 is 8.42 Å². The molecule has 100 valence electrons. The number of nitrogens with zero attached hydrogens (tertiary/aromatic N) is 3. The molecular formula is C10H17N5O2S. The van der Waals surface area contributed by atoms with Crippen LogP contribution in [-0.4, -0.2) is 41.4 Å². The molecule has 0 saturated carbocycles. The summed E-state index contributed by atoms with van der Waals surface area (Å²) in [7, 11) is -1.87. The summed E-state index contributed by atoms with van der Waals surface area (Å²) in [6.45, 7) is 0.801. The summed E-state index contributed by atoms with van der Waals surface area (Å²) in [5, 5.41) is 11.5. The van der Waals surface area contributed by atoms with Gasteiger partial charge in [-0.15, -0.1) is 0 Å². The Kier molecular flexibility index (Phi) is 3.40. The van der Waals surface area contributed by atoms with E-state index in [0.717, 1.165) is 0 Å². The Labute approximate surface area is 106 Å². The van der Waals surface area contributed by atoms with Gasteiger partial charge in [0.05, 0.1) is 12.0 Å². The minimum absolute atomic E-state index is 0.00277. The summed E-state index contributed by atoms with van der Waals surface area (Å²) in [4.78, 5) is 0. The van der Waals surface area contributed by atoms with Crippen LogP contribution in [-0.2, 0) is 17.1 Å². The summed E-state index contributed by atoms with van der Waals surface area (Å²) in [5.41, 5.74) is 5.44. The zero-order valence-electron chi connectivity index (χ0n) is 10.2. The lowest BCUT2D eigenvalue weighted by Gasteiger charge is -2.30. The molecule has 1 aromatic heterocycles. The highest BCUT2D eigenvalue weighted by molar-refractivity contribution is 7.89. The maximum Gasteiger partial charge on any atom is 0.260 e. The molecule has 7 nitrogen and oxygen atoms in total. The molecule has 0 atom stereocenters. The average Bonchev–Trinajstić information content (AvgIpc) is 2.76. The van der Waals surface area contributed by atoms with E-state index in [0.29, 0.717) is 25.9 Å². The highest BCUT2D eigenvalue weighted by atomic mass is 32.2. The number of aromatic nitrogens is 2. The van der Waals surface area contributed by atoms with Crippen molar-refractivity contribution in [1.29, 1.82) is 5.41 Å². The Morgan fingerprint density at radius 1 is 1.50 bits per heavy atom. The second kappa shape index (κ2) is 4.69. The van der Waals surface area contributed by atoms with Gasteiger partial charge in [-0.3, -0.25) is 10.1 Å². The largest absolute Gasteiger partial charge is 0.387 e. The van der Waals surface area contributed by atoms with Crippen molar-refractivity contribution in [2.45, 2.75) is 17.9 Å². The molecule has 2 heterocycles. The first-order chi connectivity index (χ1) is 8.43. The fourth-order valence-electron chi connectivity index (χ4n) is 2.15. The molecule has 1 fully saturated rings. The van der Waals surface area contributed by atoms with Crippen LogP contribution in [0.4, 0.5) is 0 Å². The maximum absolute atomic E-state index is 12.3. The highest BCUT2D eigenvalue weighted by Crippen LogP contribution is 2.23. The van der Waals surface area contributed by atoms with Crippen LogP contribution in [0.25, 0.3) is 0 Å². The standard InChI is InChI=1S/C10H17N5O2S/c1-14-9(2-5-13-14)18(16,17)15-6-3-8(4-7-15)10(11)12/h2,5,8H,3-4,6-7H2,1H3,(H3,11,12). The van der Waals surface area contributed by atoms with Gasteiger partial charge in [0.2, 0.25) is 0 Å². The molecule has 8 heteroatoms. The zero-order valence-corrected chi connectivity index (χ0v) is 11.0. The Morgan fingerprint density at radius 2 is 2.11 bits per heavy atom. The SMILES string of the molecule is Cn1nccc1S(=O)(=O)N1CCC(C(=N)N)CC1. The van der Waals surface area contributed by atoms with Gasteiger partial charge < -0.3 is 5.73 Å². The van der Waals surface area contributed by atoms with Crippen LogP contribution >= 0.6 is 0 Å². The predicted octanol–water partition coefficient (Wildman–Crippen LogP) is -0.243. The molecule has 1 aliphatic rings. The van der Waals surface area contributed by atoms with Crippen molar-refractivity contribution in [3.63, 3.8) is 0 Å². The molecule has 18 heavy (non-hydrogen) atoms. The normalized spacial score (nSPS) is 18.9. The third kappa shape index (κ3) is 2.25. The molecule has 0 bridgehead atoms. The number of amidine groups is 1. The number of nitrogens with one attached hydrogen (secondary N) is 1. The van der Waals surface area contributed by atoms with Crippen molar-refractivity contribution in [2.75, 3.05) is 13.1 Å². The Hall–Kier alpha value is -1.41. The Bertz CT molecular complexity index is 542. The monoisotopic (exact) mass is 271 g/mol. The minimum atomic E-state index is -3.48. The second-order valence-electron chi connectivity index (χ2n) is 4.43. The molecule has 0 aromatic carbocycles. The smallest absolute Gasteiger partial charge is 0.260 e. The van der Waals surface area contributed by atoms with Gasteiger partial charge in [0.25, 0.3) is 10.0 Å². The van der Waals surface area contributed by atoms with Crippen LogP contribution in [0, 0.1) is 11.3 Å². The van der Waals surface area contributed by atoms with Gasteiger partial charge in [-0.1, -0.05) is 0 Å². The number of rotatable bonds is 3. The summed E-state index contributed by atoms with van der Waals surface area (Å²) in [5.74, 6) is 0.149. The highest BCUT2D eigenvalue weighted by Gasteiger charge is 2.31. The first-order valence-electron chi connectivity index (χ1n) is 5.75. The lowest BCUT2D eigenvalue weighted by atomic mass is 9.97. The van der Waals surface area contributed by atoms with Crippen LogP contribution in [0.2, 0.25) is 0 Å². The molecule has 0 aliphatic carbocycles. The third-order valence-corrected chi connectivity index (χ3v) is 5.25. The molecule has 0 unspecified atom stereocenters. The van der Waals surface area contributed by atoms with Crippen LogP contribution in [0.3, 0.4) is 0 Å². The Morgan fingerprint density at radius 3 is 2.56 bits per heavy atom. The van der Waals surface area contributed by atoms with E-state index in [1.807, 2.05) is 0 Å². The maximum atomic E-state index is 12.3. The van der Waals surface area contributed by atoms with Crippen molar-refractivity contribution in [1.82, 2.24) is 14.1 Å². The number of nitrogens with two attached hydrogens (primary N) is 1. The minimum Gasteiger partial charge on any atom is -0.387 e. The molecule has 0 radical (unpaired) electrons. The van der Waals surface area contributed by atoms with E-state index >= 15 is 0 Å². The molecule has 3 N–H and O–H groups in total. The third-order valence-electron chi connectivity index (χ3n) is 3.27. The van der Waals surface area contributed by atoms with Gasteiger partial charge in [-0.25, -0.2) is 8.42 Å². The lowest BCUT2D eigenvalue weighted by Crippen LogP contribution is -2.42. The van der Waals surface area contributed by atoms with Crippen molar-refractivity contribution in [3.05, 3.63) is 12.3 Å². The summed E-state index contributed by atoms with van der Waals surface area (Å²) >= 11 is 0. The molecule has 0 amide bonds. The number of hydrogen-bond donors (Lipinski definition) is 2. The van der Waals surface area contributed by atoms with Crippen molar-refractivity contribution >= 4 is 15.9 Å². The average molecular weight is 271 g/mol. The van der Waals surface area contributed by atoms with Gasteiger partial charge in [-0.05, 0) is 18.9 Å². The zero-order chi connectivity index (χ0) is 13.3. The van der Waals surface area contributed by atoms with Crippen molar-refractivity contribution in [3.8, 4) is 0 Å². The second-order valence-corrected chi connectivity index (χ2v) is 6.31. The number of hydrogen-bond acceptors (Lipinski definition) is 4. The van der Waals surface area contributed by atoms with Gasteiger partial charge in [0.15, 0.2) is 5.03 Å². The molecule has 1 saturated heterocycles. The molecule has 2 rings (SSSR count). The summed E-state index contributed by atoms with van der Waals surface area (Å²) in [6, 6.07) is 1.49. The van der Waals surface area contributed by atoms with E-state index in [1.165, 1.54) is 21.3 Å². The van der Waals surface area contributed by atoms with Gasteiger partial charge in [0, 0.05) is 26.1 Å². The van der Waals surface area contributed by atoms with Crippen LogP contribution in [0.5, 0.6) is 0 Å². The predicted molar refractivity (Wildman–Crippen MR) is 66.6 cm³/mol. The number of aryl methyl sites for hydroxylation is 1. The lowest BCUT2D eigenvalue weighted by molar-refractivity contribution is 0.312. The van der Waals surface area contributed by atoms with Crippen LogP contribution in [0.15, 0.2) is 17.3 Å².